The molecule has 4 rings (SSSR count). The Bertz CT molecular complexity index is 1020. The molecule has 29 heavy (non-hydrogen) atoms. The van der Waals surface area contributed by atoms with Gasteiger partial charge in [-0.2, -0.15) is 0 Å². The molecule has 1 atom stereocenters. The zero-order valence-corrected chi connectivity index (χ0v) is 17.8. The number of urea groups is 1. The van der Waals surface area contributed by atoms with Gasteiger partial charge in [-0.05, 0) is 46.9 Å². The van der Waals surface area contributed by atoms with E-state index in [0.717, 1.165) is 17.8 Å². The lowest BCUT2D eigenvalue weighted by atomic mass is 9.86. The zero-order chi connectivity index (χ0) is 20.6. The van der Waals surface area contributed by atoms with Gasteiger partial charge in [0.25, 0.3) is 0 Å². The van der Waals surface area contributed by atoms with Gasteiger partial charge in [0.1, 0.15) is 0 Å². The summed E-state index contributed by atoms with van der Waals surface area (Å²) in [4.78, 5) is 15.1. The van der Waals surface area contributed by atoms with Crippen molar-refractivity contribution in [2.75, 3.05) is 11.9 Å². The summed E-state index contributed by atoms with van der Waals surface area (Å²) in [5, 5.41) is 3.61. The summed E-state index contributed by atoms with van der Waals surface area (Å²) in [6, 6.07) is 19.8. The van der Waals surface area contributed by atoms with Crippen molar-refractivity contribution in [1.82, 2.24) is 9.47 Å². The molecule has 0 fully saturated rings. The predicted molar refractivity (Wildman–Crippen MR) is 119 cm³/mol. The SMILES string of the molecule is CC(C)(C)c1ccc([C@@H]2c3cccn3CCN2C(=O)Nc2cccc(Cl)c2)cc1. The van der Waals surface area contributed by atoms with Gasteiger partial charge in [-0.3, -0.25) is 0 Å². The van der Waals surface area contributed by atoms with Crippen molar-refractivity contribution in [2.24, 2.45) is 0 Å². The Morgan fingerprint density at radius 2 is 1.79 bits per heavy atom. The Labute approximate surface area is 177 Å². The summed E-state index contributed by atoms with van der Waals surface area (Å²) in [5.74, 6) is 0. The first-order chi connectivity index (χ1) is 13.8. The lowest BCUT2D eigenvalue weighted by Crippen LogP contribution is -2.44. The Kier molecular flexibility index (Phi) is 5.13. The van der Waals surface area contributed by atoms with Crippen molar-refractivity contribution >= 4 is 23.3 Å². The molecular formula is C24H26ClN3O. The van der Waals surface area contributed by atoms with Gasteiger partial charge in [0, 0.05) is 35.7 Å². The van der Waals surface area contributed by atoms with Crippen LogP contribution in [-0.4, -0.2) is 22.0 Å². The molecule has 1 aliphatic rings. The molecule has 0 radical (unpaired) electrons. The van der Waals surface area contributed by atoms with Crippen LogP contribution in [0.3, 0.4) is 0 Å². The minimum absolute atomic E-state index is 0.0922. The first kappa shape index (κ1) is 19.6. The number of carbonyl (C=O) groups is 1. The number of nitrogens with one attached hydrogen (secondary N) is 1. The summed E-state index contributed by atoms with van der Waals surface area (Å²) in [6.07, 6.45) is 2.08. The number of carbonyl (C=O) groups excluding carboxylic acids is 1. The Balaban J connectivity index is 1.67. The third-order valence-corrected chi connectivity index (χ3v) is 5.70. The fraction of sp³-hybridized carbons (Fsp3) is 0.292. The minimum atomic E-state index is -0.132. The number of hydrogen-bond acceptors (Lipinski definition) is 1. The standard InChI is InChI=1S/C24H26ClN3O/c1-24(2,3)18-11-9-17(10-12-18)22-21-8-5-13-27(21)14-15-28(22)23(29)26-20-7-4-6-19(25)16-20/h4-13,16,22H,14-15H2,1-3H3,(H,26,29)/t22-/m1/s1. The molecule has 150 valence electrons. The molecule has 0 spiro atoms. The fourth-order valence-corrected chi connectivity index (χ4v) is 4.07. The number of nitrogens with zero attached hydrogens (tertiary/aromatic N) is 2. The predicted octanol–water partition coefficient (Wildman–Crippen LogP) is 6.08. The summed E-state index contributed by atoms with van der Waals surface area (Å²) in [7, 11) is 0. The van der Waals surface area contributed by atoms with Crippen LogP contribution in [0.2, 0.25) is 5.02 Å². The highest BCUT2D eigenvalue weighted by molar-refractivity contribution is 6.30. The van der Waals surface area contributed by atoms with Crippen molar-refractivity contribution in [3.8, 4) is 0 Å². The van der Waals surface area contributed by atoms with Crippen molar-refractivity contribution < 1.29 is 4.79 Å². The average Bonchev–Trinajstić information content (AvgIpc) is 3.15. The van der Waals surface area contributed by atoms with Gasteiger partial charge >= 0.3 is 6.03 Å². The largest absolute Gasteiger partial charge is 0.348 e. The van der Waals surface area contributed by atoms with Crippen LogP contribution in [0.25, 0.3) is 0 Å². The van der Waals surface area contributed by atoms with Crippen LogP contribution in [0.4, 0.5) is 10.5 Å². The average molecular weight is 408 g/mol. The lowest BCUT2D eigenvalue weighted by molar-refractivity contribution is 0.182. The van der Waals surface area contributed by atoms with E-state index in [-0.39, 0.29) is 17.5 Å². The van der Waals surface area contributed by atoms with E-state index in [9.17, 15) is 4.79 Å². The number of halogens is 1. The molecule has 2 aromatic carbocycles. The Morgan fingerprint density at radius 3 is 2.48 bits per heavy atom. The molecule has 0 aliphatic carbocycles. The van der Waals surface area contributed by atoms with Crippen LogP contribution < -0.4 is 5.32 Å². The minimum Gasteiger partial charge on any atom is -0.348 e. The number of aromatic nitrogens is 1. The molecule has 2 heterocycles. The van der Waals surface area contributed by atoms with E-state index < -0.39 is 0 Å². The molecule has 4 nitrogen and oxygen atoms in total. The van der Waals surface area contributed by atoms with Crippen LogP contribution >= 0.6 is 11.6 Å². The molecule has 2 amide bonds. The first-order valence-corrected chi connectivity index (χ1v) is 10.3. The Hall–Kier alpha value is -2.72. The van der Waals surface area contributed by atoms with E-state index in [1.165, 1.54) is 5.56 Å². The van der Waals surface area contributed by atoms with Gasteiger partial charge in [-0.25, -0.2) is 4.79 Å². The summed E-state index contributed by atoms with van der Waals surface area (Å²) >= 11 is 6.07. The smallest absolute Gasteiger partial charge is 0.322 e. The van der Waals surface area contributed by atoms with Crippen molar-refractivity contribution in [3.63, 3.8) is 0 Å². The third-order valence-electron chi connectivity index (χ3n) is 5.47. The van der Waals surface area contributed by atoms with Crippen LogP contribution in [0.1, 0.15) is 43.6 Å². The molecule has 1 aromatic heterocycles. The molecule has 0 saturated heterocycles. The maximum absolute atomic E-state index is 13.2. The van der Waals surface area contributed by atoms with Crippen LogP contribution in [0, 0.1) is 0 Å². The number of anilines is 1. The van der Waals surface area contributed by atoms with Crippen LogP contribution in [0.5, 0.6) is 0 Å². The monoisotopic (exact) mass is 407 g/mol. The normalized spacial score (nSPS) is 16.4. The number of rotatable bonds is 2. The maximum Gasteiger partial charge on any atom is 0.322 e. The van der Waals surface area contributed by atoms with Gasteiger partial charge in [0.15, 0.2) is 0 Å². The van der Waals surface area contributed by atoms with Crippen LogP contribution in [0.15, 0.2) is 66.9 Å². The molecule has 5 heteroatoms. The second-order valence-corrected chi connectivity index (χ2v) is 8.97. The highest BCUT2D eigenvalue weighted by Gasteiger charge is 2.32. The molecule has 1 aliphatic heterocycles. The summed E-state index contributed by atoms with van der Waals surface area (Å²) < 4.78 is 2.23. The van der Waals surface area contributed by atoms with Crippen LogP contribution in [-0.2, 0) is 12.0 Å². The van der Waals surface area contributed by atoms with E-state index >= 15 is 0 Å². The summed E-state index contributed by atoms with van der Waals surface area (Å²) in [5.41, 5.74) is 4.31. The lowest BCUT2D eigenvalue weighted by Gasteiger charge is -2.37. The number of benzene rings is 2. The van der Waals surface area contributed by atoms with Gasteiger partial charge in [-0.1, -0.05) is 62.7 Å². The quantitative estimate of drug-likeness (QED) is 0.549. The highest BCUT2D eigenvalue weighted by atomic mass is 35.5. The number of fused-ring (bicyclic) bond motifs is 1. The van der Waals surface area contributed by atoms with E-state index in [0.29, 0.717) is 17.3 Å². The van der Waals surface area contributed by atoms with E-state index in [1.54, 1.807) is 12.1 Å². The van der Waals surface area contributed by atoms with Gasteiger partial charge < -0.3 is 14.8 Å². The summed E-state index contributed by atoms with van der Waals surface area (Å²) in [6.45, 7) is 8.04. The van der Waals surface area contributed by atoms with Crippen molar-refractivity contribution in [2.45, 2.75) is 38.8 Å². The van der Waals surface area contributed by atoms with Crippen molar-refractivity contribution in [1.29, 1.82) is 0 Å². The molecular weight excluding hydrogens is 382 g/mol. The Morgan fingerprint density at radius 1 is 1.03 bits per heavy atom. The zero-order valence-electron chi connectivity index (χ0n) is 17.0. The van der Waals surface area contributed by atoms with Gasteiger partial charge in [0.2, 0.25) is 0 Å². The molecule has 0 saturated carbocycles. The van der Waals surface area contributed by atoms with E-state index in [4.69, 9.17) is 11.6 Å². The van der Waals surface area contributed by atoms with Gasteiger partial charge in [0.05, 0.1) is 6.04 Å². The van der Waals surface area contributed by atoms with Gasteiger partial charge in [-0.15, -0.1) is 0 Å². The first-order valence-electron chi connectivity index (χ1n) is 9.91. The topological polar surface area (TPSA) is 37.3 Å². The number of hydrogen-bond donors (Lipinski definition) is 1. The second kappa shape index (κ2) is 7.60. The molecule has 0 unspecified atom stereocenters. The molecule has 1 N–H and O–H groups in total. The third kappa shape index (κ3) is 4.03. The number of amides is 2. The fourth-order valence-electron chi connectivity index (χ4n) is 3.88. The second-order valence-electron chi connectivity index (χ2n) is 8.53. The van der Waals surface area contributed by atoms with E-state index in [1.807, 2.05) is 23.1 Å². The molecule has 0 bridgehead atoms. The molecule has 3 aromatic rings. The van der Waals surface area contributed by atoms with Crippen molar-refractivity contribution in [3.05, 3.63) is 88.7 Å². The highest BCUT2D eigenvalue weighted by Crippen LogP contribution is 2.34. The van der Waals surface area contributed by atoms with E-state index in [2.05, 4.69) is 67.2 Å². The maximum atomic E-state index is 13.2.